The molecule has 0 radical (unpaired) electrons. The fourth-order valence-corrected chi connectivity index (χ4v) is 2.71. The number of ether oxygens (including phenoxy) is 2. The molecule has 1 heterocycles. The molecule has 0 saturated carbocycles. The minimum Gasteiger partial charge on any atom is -0.444 e. The Balaban J connectivity index is 2.65. The number of carbonyl (C=O) groups excluding carboxylic acids is 1. The van der Waals surface area contributed by atoms with Crippen molar-refractivity contribution in [3.63, 3.8) is 0 Å². The molecule has 0 bridgehead atoms. The predicted octanol–water partition coefficient (Wildman–Crippen LogP) is 3.43. The van der Waals surface area contributed by atoms with Gasteiger partial charge in [-0.15, -0.1) is 0 Å². The van der Waals surface area contributed by atoms with Gasteiger partial charge in [0.1, 0.15) is 12.2 Å². The van der Waals surface area contributed by atoms with E-state index in [0.717, 1.165) is 0 Å². The maximum absolute atomic E-state index is 12.3. The molecule has 20 heavy (non-hydrogen) atoms. The number of alkyl halides is 3. The SMILES string of the molecule is CC(C)(C)OC(=O)N1CCCC(CBr)(OCC(F)F)C1. The van der Waals surface area contributed by atoms with E-state index in [1.165, 1.54) is 4.90 Å². The van der Waals surface area contributed by atoms with Gasteiger partial charge in [-0.3, -0.25) is 0 Å². The Morgan fingerprint density at radius 1 is 1.45 bits per heavy atom. The first-order valence-electron chi connectivity index (χ1n) is 6.63. The molecule has 0 aliphatic carbocycles. The minimum atomic E-state index is -2.51. The first-order valence-corrected chi connectivity index (χ1v) is 7.76. The second-order valence-electron chi connectivity index (χ2n) is 6.02. The van der Waals surface area contributed by atoms with Crippen LogP contribution in [0.3, 0.4) is 0 Å². The quantitative estimate of drug-likeness (QED) is 0.723. The summed E-state index contributed by atoms with van der Waals surface area (Å²) in [6.07, 6.45) is -1.59. The third kappa shape index (κ3) is 5.52. The molecule has 0 aromatic heterocycles. The molecule has 1 aliphatic rings. The van der Waals surface area contributed by atoms with Gasteiger partial charge >= 0.3 is 6.09 Å². The lowest BCUT2D eigenvalue weighted by Crippen LogP contribution is -2.54. The molecule has 0 aromatic rings. The molecule has 0 N–H and O–H groups in total. The van der Waals surface area contributed by atoms with E-state index in [-0.39, 0.29) is 6.54 Å². The van der Waals surface area contributed by atoms with Crippen LogP contribution in [0.2, 0.25) is 0 Å². The maximum Gasteiger partial charge on any atom is 0.410 e. The molecule has 4 nitrogen and oxygen atoms in total. The molecule has 1 amide bonds. The summed E-state index contributed by atoms with van der Waals surface area (Å²) in [6, 6.07) is 0. The van der Waals surface area contributed by atoms with E-state index in [9.17, 15) is 13.6 Å². The summed E-state index contributed by atoms with van der Waals surface area (Å²) in [7, 11) is 0. The van der Waals surface area contributed by atoms with Crippen molar-refractivity contribution < 1.29 is 23.0 Å². The van der Waals surface area contributed by atoms with Gasteiger partial charge in [-0.1, -0.05) is 15.9 Å². The van der Waals surface area contributed by atoms with Gasteiger partial charge < -0.3 is 14.4 Å². The molecule has 7 heteroatoms. The first kappa shape index (κ1) is 17.6. The van der Waals surface area contributed by atoms with Crippen molar-refractivity contribution in [1.82, 2.24) is 4.90 Å². The van der Waals surface area contributed by atoms with Crippen LogP contribution in [0.4, 0.5) is 13.6 Å². The van der Waals surface area contributed by atoms with E-state index in [0.29, 0.717) is 24.7 Å². The van der Waals surface area contributed by atoms with Crippen molar-refractivity contribution in [3.8, 4) is 0 Å². The van der Waals surface area contributed by atoms with Gasteiger partial charge in [0.2, 0.25) is 0 Å². The molecule has 1 unspecified atom stereocenters. The Kier molecular flexibility index (Phi) is 6.19. The lowest BCUT2D eigenvalue weighted by molar-refractivity contribution is -0.106. The number of carbonyl (C=O) groups is 1. The van der Waals surface area contributed by atoms with Crippen LogP contribution in [0.15, 0.2) is 0 Å². The van der Waals surface area contributed by atoms with Crippen LogP contribution in [-0.2, 0) is 9.47 Å². The molecule has 1 fully saturated rings. The van der Waals surface area contributed by atoms with Gasteiger partial charge in [0, 0.05) is 11.9 Å². The molecular formula is C13H22BrF2NO3. The van der Waals surface area contributed by atoms with E-state index in [2.05, 4.69) is 15.9 Å². The fourth-order valence-electron chi connectivity index (χ4n) is 2.09. The molecular weight excluding hydrogens is 336 g/mol. The Morgan fingerprint density at radius 3 is 2.60 bits per heavy atom. The first-order chi connectivity index (χ1) is 9.17. The molecule has 1 rings (SSSR count). The van der Waals surface area contributed by atoms with Gasteiger partial charge in [0.15, 0.2) is 0 Å². The normalized spacial score (nSPS) is 24.1. The predicted molar refractivity (Wildman–Crippen MR) is 75.5 cm³/mol. The highest BCUT2D eigenvalue weighted by atomic mass is 79.9. The van der Waals surface area contributed by atoms with E-state index in [1.807, 2.05) is 0 Å². The zero-order valence-electron chi connectivity index (χ0n) is 12.1. The van der Waals surface area contributed by atoms with Crippen LogP contribution in [0.25, 0.3) is 0 Å². The van der Waals surface area contributed by atoms with Crippen LogP contribution in [-0.4, -0.2) is 53.6 Å². The fraction of sp³-hybridized carbons (Fsp3) is 0.923. The van der Waals surface area contributed by atoms with Crippen LogP contribution >= 0.6 is 15.9 Å². The standard InChI is InChI=1S/C13H22BrF2NO3/c1-12(2,3)20-11(18)17-6-4-5-13(8-14,9-17)19-7-10(15)16/h10H,4-9H2,1-3H3. The summed E-state index contributed by atoms with van der Waals surface area (Å²) >= 11 is 3.31. The Labute approximate surface area is 126 Å². The second-order valence-corrected chi connectivity index (χ2v) is 6.58. The van der Waals surface area contributed by atoms with Gasteiger partial charge in [-0.05, 0) is 33.6 Å². The molecule has 0 aromatic carbocycles. The number of halogens is 3. The summed E-state index contributed by atoms with van der Waals surface area (Å²) in [5.41, 5.74) is -1.33. The molecule has 118 valence electrons. The summed E-state index contributed by atoms with van der Waals surface area (Å²) in [6.45, 7) is 5.58. The monoisotopic (exact) mass is 357 g/mol. The highest BCUT2D eigenvalue weighted by molar-refractivity contribution is 9.09. The summed E-state index contributed by atoms with van der Waals surface area (Å²) < 4.78 is 35.3. The van der Waals surface area contributed by atoms with E-state index < -0.39 is 30.3 Å². The van der Waals surface area contributed by atoms with Gasteiger partial charge in [-0.2, -0.15) is 0 Å². The number of rotatable bonds is 4. The maximum atomic E-state index is 12.3. The van der Waals surface area contributed by atoms with E-state index in [4.69, 9.17) is 9.47 Å². The number of amides is 1. The Morgan fingerprint density at radius 2 is 2.10 bits per heavy atom. The lowest BCUT2D eigenvalue weighted by atomic mass is 9.95. The average Bonchev–Trinajstić information content (AvgIpc) is 2.34. The van der Waals surface area contributed by atoms with E-state index in [1.54, 1.807) is 20.8 Å². The second kappa shape index (κ2) is 7.02. The summed E-state index contributed by atoms with van der Waals surface area (Å²) in [5, 5.41) is 0.409. The number of hydrogen-bond donors (Lipinski definition) is 0. The van der Waals surface area contributed by atoms with Crippen LogP contribution in [0.1, 0.15) is 33.6 Å². The zero-order valence-corrected chi connectivity index (χ0v) is 13.7. The van der Waals surface area contributed by atoms with Gasteiger partial charge in [-0.25, -0.2) is 13.6 Å². The number of piperidine rings is 1. The van der Waals surface area contributed by atoms with Crippen LogP contribution in [0, 0.1) is 0 Å². The molecule has 0 spiro atoms. The van der Waals surface area contributed by atoms with Gasteiger partial charge in [0.25, 0.3) is 6.43 Å². The summed E-state index contributed by atoms with van der Waals surface area (Å²) in [5.74, 6) is 0. The number of likely N-dealkylation sites (tertiary alicyclic amines) is 1. The largest absolute Gasteiger partial charge is 0.444 e. The molecule has 1 aliphatic heterocycles. The van der Waals surface area contributed by atoms with Crippen LogP contribution < -0.4 is 0 Å². The Hall–Kier alpha value is -0.430. The van der Waals surface area contributed by atoms with Crippen molar-refractivity contribution in [1.29, 1.82) is 0 Å². The van der Waals surface area contributed by atoms with Crippen molar-refractivity contribution in [2.45, 2.75) is 51.2 Å². The lowest BCUT2D eigenvalue weighted by Gasteiger charge is -2.41. The molecule has 1 atom stereocenters. The molecule has 1 saturated heterocycles. The van der Waals surface area contributed by atoms with Crippen LogP contribution in [0.5, 0.6) is 0 Å². The third-order valence-corrected chi connectivity index (χ3v) is 3.97. The number of nitrogens with zero attached hydrogens (tertiary/aromatic N) is 1. The smallest absolute Gasteiger partial charge is 0.410 e. The van der Waals surface area contributed by atoms with Crippen molar-refractivity contribution in [2.24, 2.45) is 0 Å². The Bertz CT molecular complexity index is 336. The number of hydrogen-bond acceptors (Lipinski definition) is 3. The van der Waals surface area contributed by atoms with Crippen molar-refractivity contribution in [3.05, 3.63) is 0 Å². The summed E-state index contributed by atoms with van der Waals surface area (Å²) in [4.78, 5) is 13.6. The van der Waals surface area contributed by atoms with Crippen molar-refractivity contribution in [2.75, 3.05) is 25.0 Å². The highest BCUT2D eigenvalue weighted by Crippen LogP contribution is 2.28. The third-order valence-electron chi connectivity index (χ3n) is 2.95. The topological polar surface area (TPSA) is 38.8 Å². The van der Waals surface area contributed by atoms with Gasteiger partial charge in [0.05, 0.1) is 12.1 Å². The zero-order chi connectivity index (χ0) is 15.4. The van der Waals surface area contributed by atoms with E-state index >= 15 is 0 Å². The van der Waals surface area contributed by atoms with Crippen molar-refractivity contribution >= 4 is 22.0 Å². The highest BCUT2D eigenvalue weighted by Gasteiger charge is 2.39. The average molecular weight is 358 g/mol. The minimum absolute atomic E-state index is 0.264.